The fourth-order valence-corrected chi connectivity index (χ4v) is 0.783. The number of hydrogen-bond acceptors (Lipinski definition) is 4. The standard InChI is InChI=1S/C12H18O4.C3H8/c1-8(2)11(13)15-7-6-10(5)16-12(14)9(3)4;1-3-2/h10H,1,3,6-7H2,2,4-5H3;3H2,1-2H3. The molecule has 0 heterocycles. The summed E-state index contributed by atoms with van der Waals surface area (Å²) in [4.78, 5) is 22.1. The van der Waals surface area contributed by atoms with Crippen LogP contribution in [-0.2, 0) is 19.1 Å². The predicted octanol–water partition coefficient (Wildman–Crippen LogP) is 3.42. The van der Waals surface area contributed by atoms with Gasteiger partial charge in [-0.1, -0.05) is 33.4 Å². The molecule has 19 heavy (non-hydrogen) atoms. The molecular weight excluding hydrogens is 244 g/mol. The third-order valence-corrected chi connectivity index (χ3v) is 1.76. The van der Waals surface area contributed by atoms with Crippen LogP contribution in [0.15, 0.2) is 24.3 Å². The second-order valence-electron chi connectivity index (χ2n) is 4.41. The minimum Gasteiger partial charge on any atom is -0.462 e. The van der Waals surface area contributed by atoms with E-state index >= 15 is 0 Å². The first kappa shape index (κ1) is 19.8. The van der Waals surface area contributed by atoms with Crippen LogP contribution in [0.3, 0.4) is 0 Å². The minimum absolute atomic E-state index is 0.205. The van der Waals surface area contributed by atoms with Gasteiger partial charge in [-0.15, -0.1) is 0 Å². The second-order valence-corrected chi connectivity index (χ2v) is 4.41. The monoisotopic (exact) mass is 270 g/mol. The van der Waals surface area contributed by atoms with Gasteiger partial charge in [-0.3, -0.25) is 0 Å². The molecule has 0 spiro atoms. The van der Waals surface area contributed by atoms with Crippen LogP contribution in [0, 0.1) is 0 Å². The molecule has 4 nitrogen and oxygen atoms in total. The second kappa shape index (κ2) is 11.5. The number of carbonyl (C=O) groups excluding carboxylic acids is 2. The number of carbonyl (C=O) groups is 2. The zero-order chi connectivity index (χ0) is 15.4. The van der Waals surface area contributed by atoms with Crippen molar-refractivity contribution in [2.24, 2.45) is 0 Å². The lowest BCUT2D eigenvalue weighted by atomic mass is 10.3. The van der Waals surface area contributed by atoms with E-state index in [-0.39, 0.29) is 12.7 Å². The summed E-state index contributed by atoms with van der Waals surface area (Å²) in [5.74, 6) is -0.864. The summed E-state index contributed by atoms with van der Waals surface area (Å²) in [5.41, 5.74) is 0.706. The Morgan fingerprint density at radius 3 is 1.84 bits per heavy atom. The molecule has 4 heteroatoms. The Kier molecular flexibility index (Phi) is 12.0. The van der Waals surface area contributed by atoms with Crippen LogP contribution in [0.4, 0.5) is 0 Å². The molecule has 0 fully saturated rings. The van der Waals surface area contributed by atoms with E-state index in [1.807, 2.05) is 0 Å². The van der Waals surface area contributed by atoms with Crippen LogP contribution in [0.2, 0.25) is 0 Å². The quantitative estimate of drug-likeness (QED) is 0.548. The molecule has 0 saturated carbocycles. The molecule has 0 aromatic heterocycles. The van der Waals surface area contributed by atoms with Crippen molar-refractivity contribution < 1.29 is 19.1 Å². The number of hydrogen-bond donors (Lipinski definition) is 0. The van der Waals surface area contributed by atoms with Gasteiger partial charge >= 0.3 is 11.9 Å². The van der Waals surface area contributed by atoms with Crippen molar-refractivity contribution >= 4 is 11.9 Å². The van der Waals surface area contributed by atoms with Gasteiger partial charge in [-0.05, 0) is 20.8 Å². The summed E-state index contributed by atoms with van der Waals surface area (Å²) in [6, 6.07) is 0. The zero-order valence-electron chi connectivity index (χ0n) is 12.7. The maximum absolute atomic E-state index is 11.1. The van der Waals surface area contributed by atoms with Gasteiger partial charge in [0.05, 0.1) is 6.61 Å². The highest BCUT2D eigenvalue weighted by molar-refractivity contribution is 5.87. The summed E-state index contributed by atoms with van der Waals surface area (Å²) in [6.45, 7) is 16.3. The van der Waals surface area contributed by atoms with E-state index in [1.54, 1.807) is 20.8 Å². The molecule has 0 amide bonds. The maximum Gasteiger partial charge on any atom is 0.333 e. The van der Waals surface area contributed by atoms with Gasteiger partial charge in [0, 0.05) is 17.6 Å². The molecule has 0 aliphatic rings. The molecule has 0 saturated heterocycles. The summed E-state index contributed by atoms with van der Waals surface area (Å²) in [7, 11) is 0. The Hall–Kier alpha value is -1.58. The van der Waals surface area contributed by atoms with Crippen LogP contribution >= 0.6 is 0 Å². The van der Waals surface area contributed by atoms with Gasteiger partial charge < -0.3 is 9.47 Å². The molecule has 0 rings (SSSR count). The van der Waals surface area contributed by atoms with E-state index in [1.165, 1.54) is 6.42 Å². The fourth-order valence-electron chi connectivity index (χ4n) is 0.783. The summed E-state index contributed by atoms with van der Waals surface area (Å²) in [5, 5.41) is 0. The number of ether oxygens (including phenoxy) is 2. The zero-order valence-corrected chi connectivity index (χ0v) is 12.7. The van der Waals surface area contributed by atoms with Crippen molar-refractivity contribution in [2.75, 3.05) is 6.61 Å². The summed E-state index contributed by atoms with van der Waals surface area (Å²) >= 11 is 0. The summed E-state index contributed by atoms with van der Waals surface area (Å²) in [6.07, 6.45) is 1.40. The van der Waals surface area contributed by atoms with E-state index in [4.69, 9.17) is 9.47 Å². The van der Waals surface area contributed by atoms with Gasteiger partial charge in [-0.2, -0.15) is 0 Å². The largest absolute Gasteiger partial charge is 0.462 e. The smallest absolute Gasteiger partial charge is 0.333 e. The maximum atomic E-state index is 11.1. The van der Waals surface area contributed by atoms with Crippen LogP contribution in [0.25, 0.3) is 0 Å². The van der Waals surface area contributed by atoms with Crippen LogP contribution < -0.4 is 0 Å². The van der Waals surface area contributed by atoms with Gasteiger partial charge in [0.25, 0.3) is 0 Å². The molecule has 110 valence electrons. The molecule has 0 aliphatic heterocycles. The van der Waals surface area contributed by atoms with Gasteiger partial charge in [0.15, 0.2) is 0 Å². The third-order valence-electron chi connectivity index (χ3n) is 1.76. The summed E-state index contributed by atoms with van der Waals surface area (Å²) < 4.78 is 9.87. The average molecular weight is 270 g/mol. The topological polar surface area (TPSA) is 52.6 Å². The van der Waals surface area contributed by atoms with Gasteiger partial charge in [0.2, 0.25) is 0 Å². The molecule has 0 bridgehead atoms. The molecule has 0 N–H and O–H groups in total. The first-order chi connectivity index (χ1) is 8.76. The lowest BCUT2D eigenvalue weighted by Gasteiger charge is -2.13. The third kappa shape index (κ3) is 12.7. The highest BCUT2D eigenvalue weighted by Crippen LogP contribution is 2.03. The molecule has 1 unspecified atom stereocenters. The van der Waals surface area contributed by atoms with Crippen LogP contribution in [0.1, 0.15) is 47.5 Å². The highest BCUT2D eigenvalue weighted by atomic mass is 16.6. The average Bonchev–Trinajstić information content (AvgIpc) is 2.29. The molecule has 0 aromatic rings. The Labute approximate surface area is 116 Å². The molecule has 0 radical (unpaired) electrons. The minimum atomic E-state index is -0.432. The Morgan fingerprint density at radius 1 is 1.05 bits per heavy atom. The lowest BCUT2D eigenvalue weighted by Crippen LogP contribution is -2.18. The lowest BCUT2D eigenvalue weighted by molar-refractivity contribution is -0.145. The van der Waals surface area contributed by atoms with Crippen LogP contribution in [-0.4, -0.2) is 24.6 Å². The number of rotatable bonds is 6. The molecule has 1 atom stereocenters. The Morgan fingerprint density at radius 2 is 1.47 bits per heavy atom. The Balaban J connectivity index is 0. The van der Waals surface area contributed by atoms with Crippen molar-refractivity contribution in [3.63, 3.8) is 0 Å². The molecule has 0 aliphatic carbocycles. The Bertz CT molecular complexity index is 318. The first-order valence-electron chi connectivity index (χ1n) is 6.45. The normalized spacial score (nSPS) is 10.6. The number of esters is 2. The van der Waals surface area contributed by atoms with Gasteiger partial charge in [-0.25, -0.2) is 9.59 Å². The van der Waals surface area contributed by atoms with Crippen LogP contribution in [0.5, 0.6) is 0 Å². The fraction of sp³-hybridized carbons (Fsp3) is 0.600. The van der Waals surface area contributed by atoms with Crippen molar-refractivity contribution in [1.29, 1.82) is 0 Å². The van der Waals surface area contributed by atoms with E-state index < -0.39 is 11.9 Å². The van der Waals surface area contributed by atoms with E-state index in [9.17, 15) is 9.59 Å². The van der Waals surface area contributed by atoms with Gasteiger partial charge in [0.1, 0.15) is 6.10 Å². The highest BCUT2D eigenvalue weighted by Gasteiger charge is 2.11. The first-order valence-corrected chi connectivity index (χ1v) is 6.45. The molecular formula is C15H26O4. The molecule has 0 aromatic carbocycles. The van der Waals surface area contributed by atoms with Crippen molar-refractivity contribution in [3.8, 4) is 0 Å². The van der Waals surface area contributed by atoms with Crippen molar-refractivity contribution in [3.05, 3.63) is 24.3 Å². The van der Waals surface area contributed by atoms with E-state index in [2.05, 4.69) is 27.0 Å². The van der Waals surface area contributed by atoms with Crippen molar-refractivity contribution in [2.45, 2.75) is 53.6 Å². The SMILES string of the molecule is C=C(C)C(=O)OCCC(C)OC(=O)C(=C)C.CCC. The predicted molar refractivity (Wildman–Crippen MR) is 76.7 cm³/mol. The van der Waals surface area contributed by atoms with Crippen molar-refractivity contribution in [1.82, 2.24) is 0 Å². The van der Waals surface area contributed by atoms with E-state index in [0.29, 0.717) is 17.6 Å². The van der Waals surface area contributed by atoms with E-state index in [0.717, 1.165) is 0 Å².